The van der Waals surface area contributed by atoms with Gasteiger partial charge in [-0.3, -0.25) is 0 Å². The van der Waals surface area contributed by atoms with Crippen molar-refractivity contribution in [1.29, 1.82) is 0 Å². The summed E-state index contributed by atoms with van der Waals surface area (Å²) in [5, 5.41) is 6.24. The molecule has 35 heavy (non-hydrogen) atoms. The molecule has 0 fully saturated rings. The van der Waals surface area contributed by atoms with Crippen molar-refractivity contribution in [1.82, 2.24) is 0 Å². The maximum atomic E-state index is 2.33. The summed E-state index contributed by atoms with van der Waals surface area (Å²) in [4.78, 5) is 0. The van der Waals surface area contributed by atoms with Gasteiger partial charge in [-0.25, -0.2) is 12.1 Å². The van der Waals surface area contributed by atoms with Gasteiger partial charge in [0.2, 0.25) is 0 Å². The van der Waals surface area contributed by atoms with Crippen LogP contribution in [0.25, 0.3) is 0 Å². The number of benzene rings is 2. The van der Waals surface area contributed by atoms with Crippen molar-refractivity contribution in [2.75, 3.05) is 0 Å². The molecule has 0 heterocycles. The van der Waals surface area contributed by atoms with Gasteiger partial charge in [0.1, 0.15) is 0 Å². The molecule has 4 rings (SSSR count). The predicted molar refractivity (Wildman–Crippen MR) is 160 cm³/mol. The Morgan fingerprint density at radius 2 is 1.09 bits per heavy atom. The average Bonchev–Trinajstić information content (AvgIpc) is 3.51. The third-order valence-electron chi connectivity index (χ3n) is 5.19. The van der Waals surface area contributed by atoms with Crippen LogP contribution < -0.4 is 21.2 Å². The first-order valence-corrected chi connectivity index (χ1v) is 14.6. The van der Waals surface area contributed by atoms with Gasteiger partial charge < -0.3 is 30.3 Å². The Kier molecular flexibility index (Phi) is 14.1. The fourth-order valence-electron chi connectivity index (χ4n) is 3.02. The summed E-state index contributed by atoms with van der Waals surface area (Å²) in [5.74, 6) is 0. The fraction of sp³-hybridized carbons (Fsp3) is 0.312. The molecule has 0 aliphatic rings. The number of rotatable bonds is 4. The summed E-state index contributed by atoms with van der Waals surface area (Å²) in [6.07, 6.45) is 1.27. The quantitative estimate of drug-likeness (QED) is 0.138. The molecule has 194 valence electrons. The summed E-state index contributed by atoms with van der Waals surface area (Å²) < 4.78 is 0. The smallest absolute Gasteiger partial charge is 0 e. The summed E-state index contributed by atoms with van der Waals surface area (Å²) in [6, 6.07) is 38.8. The minimum Gasteiger partial charge on any atom is -0.748 e. The van der Waals surface area contributed by atoms with Crippen LogP contribution in [0.2, 0.25) is 0 Å². The summed E-state index contributed by atoms with van der Waals surface area (Å²) >= 11 is 0. The molecule has 0 aromatic heterocycles. The van der Waals surface area contributed by atoms with Crippen molar-refractivity contribution >= 4 is 37.7 Å². The molecule has 1 unspecified atom stereocenters. The monoisotopic (exact) mass is 544 g/mol. The zero-order valence-electron chi connectivity index (χ0n) is 22.4. The van der Waals surface area contributed by atoms with Gasteiger partial charge >= 0.3 is 0 Å². The number of hydrogen-bond donors (Lipinski definition) is 0. The Labute approximate surface area is 228 Å². The molecule has 0 aliphatic carbocycles. The maximum absolute atomic E-state index is 2.33. The topological polar surface area (TPSA) is 0 Å². The van der Waals surface area contributed by atoms with Crippen LogP contribution in [-0.4, -0.2) is 5.16 Å². The average molecular weight is 544 g/mol. The Morgan fingerprint density at radius 3 is 1.43 bits per heavy atom. The van der Waals surface area contributed by atoms with Gasteiger partial charge in [0.05, 0.1) is 0 Å². The van der Waals surface area contributed by atoms with E-state index in [4.69, 9.17) is 0 Å². The molecule has 0 nitrogen and oxygen atoms in total. The van der Waals surface area contributed by atoms with Crippen molar-refractivity contribution < 1.29 is 17.1 Å². The molecule has 0 aliphatic heterocycles. The second-order valence-corrected chi connectivity index (χ2v) is 15.1. The molecule has 0 spiro atoms. The van der Waals surface area contributed by atoms with Crippen LogP contribution in [0.1, 0.15) is 54.9 Å². The van der Waals surface area contributed by atoms with Crippen LogP contribution in [0.15, 0.2) is 109 Å². The molecule has 4 aromatic rings. The van der Waals surface area contributed by atoms with Crippen molar-refractivity contribution in [2.45, 2.75) is 60.0 Å². The molecule has 0 saturated heterocycles. The Hall–Kier alpha value is -1.48. The largest absolute Gasteiger partial charge is 0.748 e. The third-order valence-corrected chi connectivity index (χ3v) is 9.36. The van der Waals surface area contributed by atoms with Crippen molar-refractivity contribution in [2.24, 2.45) is 5.41 Å². The van der Waals surface area contributed by atoms with Crippen LogP contribution in [0.4, 0.5) is 0 Å². The standard InChI is InChI=1S/C21H23P2.C6H14.C5H5.Fe/c1-21(2,3)22-19-15-10-16-20(19)23(17-11-6-4-7-12-17)18-13-8-5-9-14-18;1-5-6(2,3)4;1-2-4-5-3-1;/h4-16,22H,1-3H3;5H2,1-4H3;1-5H;/q-1;;-5;. The van der Waals surface area contributed by atoms with E-state index in [9.17, 15) is 0 Å². The van der Waals surface area contributed by atoms with Crippen LogP contribution in [-0.2, 0) is 17.1 Å². The zero-order valence-corrected chi connectivity index (χ0v) is 25.4. The van der Waals surface area contributed by atoms with Gasteiger partial charge in [0, 0.05) is 17.1 Å². The first-order chi connectivity index (χ1) is 16.1. The minimum atomic E-state index is -0.476. The summed E-state index contributed by atoms with van der Waals surface area (Å²) in [5.41, 5.74) is 0.542. The predicted octanol–water partition coefficient (Wildman–Crippen LogP) is 8.11. The van der Waals surface area contributed by atoms with Gasteiger partial charge in [-0.15, -0.1) is 19.2 Å². The van der Waals surface area contributed by atoms with Gasteiger partial charge in [-0.05, 0) is 29.1 Å². The molecular formula is C32H42FeP2-6. The summed E-state index contributed by atoms with van der Waals surface area (Å²) in [7, 11) is 0.360. The molecule has 1 atom stereocenters. The van der Waals surface area contributed by atoms with E-state index in [0.29, 0.717) is 10.6 Å². The molecule has 0 saturated carbocycles. The zero-order chi connectivity index (χ0) is 25.0. The van der Waals surface area contributed by atoms with E-state index in [2.05, 4.69) is 127 Å². The van der Waals surface area contributed by atoms with Crippen LogP contribution in [0, 0.1) is 5.41 Å². The van der Waals surface area contributed by atoms with E-state index in [0.717, 1.165) is 8.58 Å². The van der Waals surface area contributed by atoms with E-state index < -0.39 is 7.92 Å². The van der Waals surface area contributed by atoms with Gasteiger partial charge in [-0.1, -0.05) is 116 Å². The van der Waals surface area contributed by atoms with Crippen molar-refractivity contribution in [3.05, 3.63) is 109 Å². The molecule has 0 radical (unpaired) electrons. The molecular weight excluding hydrogens is 502 g/mol. The molecule has 0 bridgehead atoms. The van der Waals surface area contributed by atoms with Crippen LogP contribution >= 0.6 is 16.5 Å². The molecule has 0 amide bonds. The molecule has 4 aromatic carbocycles. The Bertz CT molecular complexity index is 964. The van der Waals surface area contributed by atoms with E-state index in [-0.39, 0.29) is 17.1 Å². The van der Waals surface area contributed by atoms with E-state index in [1.165, 1.54) is 27.6 Å². The SMILES string of the molecule is CC(C)(C)P[c-]1cccc1P(c1ccccc1)c1ccccc1.CCC(C)(C)C.[Fe].[cH-]1[cH-][cH-][cH-][cH-]1. The molecule has 0 N–H and O–H groups in total. The second kappa shape index (κ2) is 15.6. The van der Waals surface area contributed by atoms with Gasteiger partial charge in [0.15, 0.2) is 0 Å². The number of hydrogen-bond acceptors (Lipinski definition) is 0. The van der Waals surface area contributed by atoms with Crippen LogP contribution in [0.3, 0.4) is 0 Å². The van der Waals surface area contributed by atoms with E-state index >= 15 is 0 Å². The Balaban J connectivity index is 0.000000424. The minimum absolute atomic E-state index is 0. The van der Waals surface area contributed by atoms with E-state index in [1.807, 2.05) is 30.3 Å². The van der Waals surface area contributed by atoms with Gasteiger partial charge in [0.25, 0.3) is 0 Å². The third kappa shape index (κ3) is 12.4. The first-order valence-electron chi connectivity index (χ1n) is 12.2. The molecule has 3 heteroatoms. The second-order valence-electron chi connectivity index (χ2n) is 10.6. The van der Waals surface area contributed by atoms with Crippen molar-refractivity contribution in [3.63, 3.8) is 0 Å². The van der Waals surface area contributed by atoms with Gasteiger partial charge in [-0.2, -0.15) is 6.07 Å². The van der Waals surface area contributed by atoms with Crippen molar-refractivity contribution in [3.8, 4) is 0 Å². The first kappa shape index (κ1) is 31.5. The normalized spacial score (nSPS) is 11.3. The Morgan fingerprint density at radius 1 is 0.686 bits per heavy atom. The maximum Gasteiger partial charge on any atom is 0 e. The fourth-order valence-corrected chi connectivity index (χ4v) is 7.07. The van der Waals surface area contributed by atoms with Crippen LogP contribution in [0.5, 0.6) is 0 Å². The summed E-state index contributed by atoms with van der Waals surface area (Å²) in [6.45, 7) is 15.9. The van der Waals surface area contributed by atoms with E-state index in [1.54, 1.807) is 0 Å².